The van der Waals surface area contributed by atoms with Gasteiger partial charge >= 0.3 is 0 Å². The number of phenolic OH excluding ortho intramolecular Hbond substituents is 1. The van der Waals surface area contributed by atoms with Crippen molar-refractivity contribution in [2.45, 2.75) is 25.9 Å². The Labute approximate surface area is 217 Å². The molecule has 37 heavy (non-hydrogen) atoms. The molecule has 3 aromatic rings. The number of hydrogen-bond donors (Lipinski definition) is 1. The first-order valence-electron chi connectivity index (χ1n) is 11.8. The highest BCUT2D eigenvalue weighted by Gasteiger charge is 2.35. The van der Waals surface area contributed by atoms with Crippen molar-refractivity contribution in [1.82, 2.24) is 9.47 Å². The van der Waals surface area contributed by atoms with Crippen molar-refractivity contribution in [3.63, 3.8) is 0 Å². The zero-order valence-electron chi connectivity index (χ0n) is 20.3. The molecule has 2 aliphatic rings. The van der Waals surface area contributed by atoms with Crippen LogP contribution in [0.25, 0.3) is 22.0 Å². The Balaban J connectivity index is 1.84. The van der Waals surface area contributed by atoms with Gasteiger partial charge in [0.25, 0.3) is 5.56 Å². The van der Waals surface area contributed by atoms with E-state index in [9.17, 15) is 24.3 Å². The van der Waals surface area contributed by atoms with Crippen LogP contribution < -0.4 is 15.2 Å². The fourth-order valence-electron chi connectivity index (χ4n) is 5.34. The number of rotatable bonds is 3. The van der Waals surface area contributed by atoms with Crippen molar-refractivity contribution < 1.29 is 19.0 Å². The number of phenols is 1. The summed E-state index contributed by atoms with van der Waals surface area (Å²) in [5.41, 5.74) is 0.229. The molecule has 2 aromatic carbocycles. The highest BCUT2D eigenvalue weighted by Crippen LogP contribution is 2.50. The van der Waals surface area contributed by atoms with E-state index in [1.165, 1.54) is 28.8 Å². The van der Waals surface area contributed by atoms with Crippen molar-refractivity contribution >= 4 is 34.1 Å². The van der Waals surface area contributed by atoms with E-state index < -0.39 is 17.4 Å². The molecular weight excluding hydrogens is 499 g/mol. The average Bonchev–Trinajstić information content (AvgIpc) is 2.87. The molecule has 0 saturated carbocycles. The maximum Gasteiger partial charge on any atom is 0.271 e. The van der Waals surface area contributed by atoms with Crippen LogP contribution in [0.15, 0.2) is 41.7 Å². The van der Waals surface area contributed by atoms with E-state index in [0.29, 0.717) is 36.2 Å². The van der Waals surface area contributed by atoms with Crippen molar-refractivity contribution in [2.75, 3.05) is 31.1 Å². The maximum atomic E-state index is 14.9. The molecule has 190 valence electrons. The molecule has 0 unspecified atom stereocenters. The zero-order valence-corrected chi connectivity index (χ0v) is 21.0. The number of carbonyl (C=O) groups is 1. The molecule has 1 N–H and O–H groups in total. The van der Waals surface area contributed by atoms with Crippen LogP contribution >= 0.6 is 11.6 Å². The number of halogens is 2. The van der Waals surface area contributed by atoms with Gasteiger partial charge in [0, 0.05) is 31.1 Å². The minimum Gasteiger partial charge on any atom is -0.507 e. The predicted molar refractivity (Wildman–Crippen MR) is 139 cm³/mol. The molecule has 1 aromatic heterocycles. The fourth-order valence-corrected chi connectivity index (χ4v) is 5.63. The summed E-state index contributed by atoms with van der Waals surface area (Å²) in [7, 11) is 0. The number of ether oxygens (including phenoxy) is 1. The van der Waals surface area contributed by atoms with Gasteiger partial charge in [-0.2, -0.15) is 5.26 Å². The Morgan fingerprint density at radius 3 is 2.70 bits per heavy atom. The molecule has 0 bridgehead atoms. The summed E-state index contributed by atoms with van der Waals surface area (Å²) >= 11 is 6.73. The van der Waals surface area contributed by atoms with Gasteiger partial charge in [0.05, 0.1) is 33.4 Å². The van der Waals surface area contributed by atoms with Gasteiger partial charge in [0.2, 0.25) is 5.91 Å². The molecule has 3 heterocycles. The molecule has 0 aliphatic carbocycles. The number of pyridine rings is 1. The Bertz CT molecular complexity index is 1560. The molecule has 1 saturated heterocycles. The summed E-state index contributed by atoms with van der Waals surface area (Å²) in [4.78, 5) is 29.5. The average molecular weight is 523 g/mol. The van der Waals surface area contributed by atoms with E-state index in [2.05, 4.69) is 12.6 Å². The molecule has 1 fully saturated rings. The van der Waals surface area contributed by atoms with Crippen LogP contribution in [0.4, 0.5) is 10.1 Å². The Morgan fingerprint density at radius 2 is 2.05 bits per heavy atom. The van der Waals surface area contributed by atoms with Gasteiger partial charge in [-0.15, -0.1) is 0 Å². The van der Waals surface area contributed by atoms with Gasteiger partial charge in [-0.3, -0.25) is 14.2 Å². The summed E-state index contributed by atoms with van der Waals surface area (Å²) in [5, 5.41) is 21.2. The minimum absolute atomic E-state index is 0.0416. The fraction of sp³-hybridized carbons (Fsp3) is 0.296. The molecule has 5 rings (SSSR count). The lowest BCUT2D eigenvalue weighted by atomic mass is 9.96. The number of nitrogens with zero attached hydrogens (tertiary/aromatic N) is 4. The van der Waals surface area contributed by atoms with Crippen LogP contribution in [0.5, 0.6) is 11.5 Å². The van der Waals surface area contributed by atoms with Gasteiger partial charge in [-0.25, -0.2) is 4.39 Å². The number of carbonyl (C=O) groups excluding carboxylic acids is 1. The van der Waals surface area contributed by atoms with Crippen LogP contribution in [0, 0.1) is 17.1 Å². The topological polar surface area (TPSA) is 98.8 Å². The summed E-state index contributed by atoms with van der Waals surface area (Å²) in [6.07, 6.45) is 1.26. The number of amides is 1. The van der Waals surface area contributed by atoms with Gasteiger partial charge in [-0.1, -0.05) is 24.2 Å². The zero-order chi connectivity index (χ0) is 26.6. The second kappa shape index (κ2) is 9.12. The number of anilines is 1. The van der Waals surface area contributed by atoms with E-state index in [1.807, 2.05) is 11.8 Å². The lowest BCUT2D eigenvalue weighted by Crippen LogP contribution is -2.54. The van der Waals surface area contributed by atoms with E-state index in [0.717, 1.165) is 0 Å². The van der Waals surface area contributed by atoms with Crippen molar-refractivity contribution in [3.05, 3.63) is 63.7 Å². The van der Waals surface area contributed by atoms with Crippen molar-refractivity contribution in [1.29, 1.82) is 5.26 Å². The maximum absolute atomic E-state index is 14.9. The quantitative estimate of drug-likeness (QED) is 0.517. The van der Waals surface area contributed by atoms with Crippen LogP contribution in [0.1, 0.15) is 25.5 Å². The first kappa shape index (κ1) is 24.7. The van der Waals surface area contributed by atoms with Crippen LogP contribution in [-0.4, -0.2) is 52.8 Å². The van der Waals surface area contributed by atoms with Crippen LogP contribution in [0.2, 0.25) is 5.02 Å². The Kier molecular flexibility index (Phi) is 6.08. The molecule has 2 aliphatic heterocycles. The van der Waals surface area contributed by atoms with E-state index in [1.54, 1.807) is 17.9 Å². The normalized spacial score (nSPS) is 18.9. The van der Waals surface area contributed by atoms with E-state index in [-0.39, 0.29) is 51.8 Å². The third kappa shape index (κ3) is 3.71. The monoisotopic (exact) mass is 522 g/mol. The van der Waals surface area contributed by atoms with Crippen LogP contribution in [0.3, 0.4) is 0 Å². The number of nitriles is 1. The number of aromatic hydroxyl groups is 1. The molecule has 2 atom stereocenters. The van der Waals surface area contributed by atoms with Crippen molar-refractivity contribution in [3.8, 4) is 28.7 Å². The summed E-state index contributed by atoms with van der Waals surface area (Å²) in [6, 6.07) is 6.96. The standard InChI is InChI=1S/C27H24ClFN4O4/c1-4-21(35)31-8-9-32(14(2)12-31)24-16-10-18(28)22(23-19(29)6-5-7-20(23)34)26-25(16)33(15(3)13-37-26)27(36)17(24)11-30/h4-7,10,14-15,34H,1,8-9,12-13H2,2-3H3/t14-,15-/m0/s1. The SMILES string of the molecule is C=CC(=O)N1CCN(c2c(C#N)c(=O)n3c4c(c(-c5c(O)cccc5F)c(Cl)cc24)OC[C@@H]3C)[C@@H](C)C1. The lowest BCUT2D eigenvalue weighted by molar-refractivity contribution is -0.126. The summed E-state index contributed by atoms with van der Waals surface area (Å²) in [6.45, 7) is 8.45. The second-order valence-electron chi connectivity index (χ2n) is 9.29. The first-order chi connectivity index (χ1) is 17.7. The van der Waals surface area contributed by atoms with Gasteiger partial charge in [-0.05, 0) is 38.1 Å². The number of hydrogen-bond acceptors (Lipinski definition) is 6. The van der Waals surface area contributed by atoms with Gasteiger partial charge in [0.1, 0.15) is 29.8 Å². The Hall–Kier alpha value is -4.03. The molecule has 0 spiro atoms. The molecule has 8 nitrogen and oxygen atoms in total. The first-order valence-corrected chi connectivity index (χ1v) is 12.2. The van der Waals surface area contributed by atoms with Crippen molar-refractivity contribution in [2.24, 2.45) is 0 Å². The number of piperazine rings is 1. The highest BCUT2D eigenvalue weighted by atomic mass is 35.5. The predicted octanol–water partition coefficient (Wildman–Crippen LogP) is 4.21. The number of aromatic nitrogens is 1. The third-order valence-electron chi connectivity index (χ3n) is 7.04. The lowest BCUT2D eigenvalue weighted by Gasteiger charge is -2.42. The van der Waals surface area contributed by atoms with E-state index in [4.69, 9.17) is 16.3 Å². The third-order valence-corrected chi connectivity index (χ3v) is 7.33. The largest absolute Gasteiger partial charge is 0.507 e. The van der Waals surface area contributed by atoms with Gasteiger partial charge in [0.15, 0.2) is 5.75 Å². The second-order valence-corrected chi connectivity index (χ2v) is 9.70. The number of benzene rings is 2. The summed E-state index contributed by atoms with van der Waals surface area (Å²) < 4.78 is 22.5. The minimum atomic E-state index is -0.695. The molecule has 10 heteroatoms. The van der Waals surface area contributed by atoms with Crippen LogP contribution in [-0.2, 0) is 4.79 Å². The highest BCUT2D eigenvalue weighted by molar-refractivity contribution is 6.35. The summed E-state index contributed by atoms with van der Waals surface area (Å²) in [5.74, 6) is -1.04. The molecular formula is C27H24ClFN4O4. The molecule has 0 radical (unpaired) electrons. The van der Waals surface area contributed by atoms with E-state index >= 15 is 0 Å². The van der Waals surface area contributed by atoms with Gasteiger partial charge < -0.3 is 19.6 Å². The molecule has 1 amide bonds. The smallest absolute Gasteiger partial charge is 0.271 e. The Morgan fingerprint density at radius 1 is 1.30 bits per heavy atom.